The molecule has 0 spiro atoms. The van der Waals surface area contributed by atoms with Gasteiger partial charge in [-0.3, -0.25) is 4.79 Å². The molecule has 2 N–H and O–H groups in total. The van der Waals surface area contributed by atoms with Crippen LogP contribution in [0.25, 0.3) is 11.3 Å². The lowest BCUT2D eigenvalue weighted by Crippen LogP contribution is -2.38. The molecule has 122 valence electrons. The molecule has 1 heterocycles. The summed E-state index contributed by atoms with van der Waals surface area (Å²) in [6, 6.07) is 8.14. The van der Waals surface area contributed by atoms with Gasteiger partial charge in [0.1, 0.15) is 0 Å². The van der Waals surface area contributed by atoms with Crippen LogP contribution in [0.15, 0.2) is 29.6 Å². The van der Waals surface area contributed by atoms with Crippen LogP contribution in [0.1, 0.15) is 29.8 Å². The molecule has 3 rings (SSSR count). The number of amides is 1. The minimum atomic E-state index is 0.0348. The van der Waals surface area contributed by atoms with E-state index in [9.17, 15) is 4.79 Å². The molecule has 0 aliphatic heterocycles. The average Bonchev–Trinajstić information content (AvgIpc) is 3.29. The number of aliphatic hydroxyl groups is 1. The van der Waals surface area contributed by atoms with E-state index in [1.54, 1.807) is 11.3 Å². The molecular weight excluding hydrogens is 308 g/mol. The number of hydrogen-bond acceptors (Lipinski definition) is 4. The largest absolute Gasteiger partial charge is 0.396 e. The number of benzene rings is 1. The van der Waals surface area contributed by atoms with E-state index in [4.69, 9.17) is 5.11 Å². The van der Waals surface area contributed by atoms with Crippen LogP contribution in [0.2, 0.25) is 0 Å². The smallest absolute Gasteiger partial charge is 0.224 e. The summed E-state index contributed by atoms with van der Waals surface area (Å²) in [5.74, 6) is 0.592. The van der Waals surface area contributed by atoms with Crippen molar-refractivity contribution in [2.75, 3.05) is 6.61 Å². The van der Waals surface area contributed by atoms with Gasteiger partial charge in [-0.25, -0.2) is 4.98 Å². The minimum absolute atomic E-state index is 0.0348. The summed E-state index contributed by atoms with van der Waals surface area (Å²) in [7, 11) is 0. The third kappa shape index (κ3) is 4.39. The maximum Gasteiger partial charge on any atom is 0.224 e. The first kappa shape index (κ1) is 16.1. The Kier molecular flexibility index (Phi) is 5.08. The van der Waals surface area contributed by atoms with Gasteiger partial charge >= 0.3 is 0 Å². The molecule has 1 saturated carbocycles. The van der Waals surface area contributed by atoms with E-state index in [2.05, 4.69) is 10.3 Å². The van der Waals surface area contributed by atoms with Crippen LogP contribution in [0.5, 0.6) is 0 Å². The molecule has 4 nitrogen and oxygen atoms in total. The zero-order valence-corrected chi connectivity index (χ0v) is 14.1. The predicted molar refractivity (Wildman–Crippen MR) is 92.3 cm³/mol. The topological polar surface area (TPSA) is 62.2 Å². The molecule has 1 fully saturated rings. The highest BCUT2D eigenvalue weighted by atomic mass is 32.1. The van der Waals surface area contributed by atoms with Crippen molar-refractivity contribution in [1.82, 2.24) is 10.3 Å². The number of nitrogens with one attached hydrogen (secondary N) is 1. The van der Waals surface area contributed by atoms with Crippen molar-refractivity contribution < 1.29 is 9.90 Å². The molecule has 1 aromatic heterocycles. The molecule has 5 heteroatoms. The zero-order chi connectivity index (χ0) is 16.2. The van der Waals surface area contributed by atoms with Gasteiger partial charge in [0.15, 0.2) is 0 Å². The molecule has 0 radical (unpaired) electrons. The van der Waals surface area contributed by atoms with E-state index >= 15 is 0 Å². The number of nitrogens with zero attached hydrogens (tertiary/aromatic N) is 1. The van der Waals surface area contributed by atoms with Gasteiger partial charge in [-0.1, -0.05) is 24.3 Å². The van der Waals surface area contributed by atoms with Crippen LogP contribution in [-0.2, 0) is 11.2 Å². The van der Waals surface area contributed by atoms with Crippen molar-refractivity contribution in [3.63, 3.8) is 0 Å². The van der Waals surface area contributed by atoms with Gasteiger partial charge in [-0.2, -0.15) is 0 Å². The first-order valence-corrected chi connectivity index (χ1v) is 8.95. The van der Waals surface area contributed by atoms with Gasteiger partial charge in [0.2, 0.25) is 5.91 Å². The Morgan fingerprint density at radius 1 is 1.39 bits per heavy atom. The van der Waals surface area contributed by atoms with Gasteiger partial charge in [0.25, 0.3) is 0 Å². The lowest BCUT2D eigenvalue weighted by Gasteiger charge is -2.17. The van der Waals surface area contributed by atoms with Crippen molar-refractivity contribution in [1.29, 1.82) is 0 Å². The maximum absolute atomic E-state index is 12.2. The number of carbonyl (C=O) groups excluding carboxylic acids is 1. The van der Waals surface area contributed by atoms with E-state index in [1.165, 1.54) is 0 Å². The predicted octanol–water partition coefficient (Wildman–Crippen LogP) is 2.94. The molecular formula is C18H22N2O2S. The third-order valence-electron chi connectivity index (χ3n) is 4.21. The van der Waals surface area contributed by atoms with E-state index < -0.39 is 0 Å². The second-order valence-corrected chi connectivity index (χ2v) is 7.21. The number of carbonyl (C=O) groups is 1. The first-order chi connectivity index (χ1) is 11.2. The summed E-state index contributed by atoms with van der Waals surface area (Å²) in [5.41, 5.74) is 3.06. The summed E-state index contributed by atoms with van der Waals surface area (Å²) >= 11 is 1.64. The van der Waals surface area contributed by atoms with Crippen molar-refractivity contribution in [2.45, 2.75) is 38.6 Å². The van der Waals surface area contributed by atoms with Crippen LogP contribution in [0.4, 0.5) is 0 Å². The van der Waals surface area contributed by atoms with Crippen LogP contribution < -0.4 is 5.32 Å². The van der Waals surface area contributed by atoms with E-state index in [-0.39, 0.29) is 18.6 Å². The maximum atomic E-state index is 12.2. The van der Waals surface area contributed by atoms with Crippen molar-refractivity contribution in [2.24, 2.45) is 5.92 Å². The normalized spacial score (nSPS) is 15.4. The molecule has 1 aliphatic carbocycles. The molecule has 1 unspecified atom stereocenters. The minimum Gasteiger partial charge on any atom is -0.396 e. The Bertz CT molecular complexity index is 662. The Morgan fingerprint density at radius 3 is 2.70 bits per heavy atom. The summed E-state index contributed by atoms with van der Waals surface area (Å²) < 4.78 is 0. The van der Waals surface area contributed by atoms with Crippen molar-refractivity contribution >= 4 is 17.2 Å². The van der Waals surface area contributed by atoms with Gasteiger partial charge < -0.3 is 10.4 Å². The lowest BCUT2D eigenvalue weighted by molar-refractivity contribution is -0.121. The van der Waals surface area contributed by atoms with E-state index in [0.29, 0.717) is 18.8 Å². The number of aryl methyl sites for hydroxylation is 1. The Morgan fingerprint density at radius 2 is 2.13 bits per heavy atom. The standard InChI is InChI=1S/C18H22N2O2S/c1-12-19-17(11-23-12)15-4-2-13(3-5-15)10-18(22)20-16(8-9-21)14-6-7-14/h2-5,11,14,16,21H,6-10H2,1H3,(H,20,22). The molecule has 0 bridgehead atoms. The zero-order valence-electron chi connectivity index (χ0n) is 13.3. The molecule has 0 saturated heterocycles. The Labute approximate surface area is 140 Å². The number of aliphatic hydroxyl groups excluding tert-OH is 1. The Hall–Kier alpha value is -1.72. The number of rotatable bonds is 7. The van der Waals surface area contributed by atoms with Crippen LogP contribution >= 0.6 is 11.3 Å². The third-order valence-corrected chi connectivity index (χ3v) is 4.98. The molecule has 1 aliphatic rings. The van der Waals surface area contributed by atoms with Crippen molar-refractivity contribution in [3.8, 4) is 11.3 Å². The lowest BCUT2D eigenvalue weighted by atomic mass is 10.1. The van der Waals surface area contributed by atoms with Crippen LogP contribution in [0, 0.1) is 12.8 Å². The van der Waals surface area contributed by atoms with Gasteiger partial charge in [-0.15, -0.1) is 11.3 Å². The molecule has 1 aromatic carbocycles. The molecule has 1 atom stereocenters. The SMILES string of the molecule is Cc1nc(-c2ccc(CC(=O)NC(CCO)C3CC3)cc2)cs1. The van der Waals surface area contributed by atoms with E-state index in [1.807, 2.05) is 36.6 Å². The van der Waals surface area contributed by atoms with Gasteiger partial charge in [-0.05, 0) is 37.7 Å². The van der Waals surface area contributed by atoms with Crippen LogP contribution in [0.3, 0.4) is 0 Å². The second kappa shape index (κ2) is 7.23. The molecule has 2 aromatic rings. The number of thiazole rings is 1. The van der Waals surface area contributed by atoms with Crippen LogP contribution in [-0.4, -0.2) is 28.6 Å². The summed E-state index contributed by atoms with van der Waals surface area (Å²) in [6.07, 6.45) is 3.35. The summed E-state index contributed by atoms with van der Waals surface area (Å²) in [5, 5.41) is 15.3. The fourth-order valence-corrected chi connectivity index (χ4v) is 3.42. The van der Waals surface area contributed by atoms with Crippen molar-refractivity contribution in [3.05, 3.63) is 40.2 Å². The molecule has 1 amide bonds. The fraction of sp³-hybridized carbons (Fsp3) is 0.444. The highest BCUT2D eigenvalue weighted by molar-refractivity contribution is 7.09. The number of hydrogen-bond donors (Lipinski definition) is 2. The monoisotopic (exact) mass is 330 g/mol. The Balaban J connectivity index is 1.58. The summed E-state index contributed by atoms with van der Waals surface area (Å²) in [6.45, 7) is 2.12. The van der Waals surface area contributed by atoms with Gasteiger partial charge in [0.05, 0.1) is 17.1 Å². The molecule has 23 heavy (non-hydrogen) atoms. The summed E-state index contributed by atoms with van der Waals surface area (Å²) in [4.78, 5) is 16.7. The number of aromatic nitrogens is 1. The first-order valence-electron chi connectivity index (χ1n) is 8.07. The second-order valence-electron chi connectivity index (χ2n) is 6.15. The van der Waals surface area contributed by atoms with Gasteiger partial charge in [0, 0.05) is 23.6 Å². The quantitative estimate of drug-likeness (QED) is 0.820. The average molecular weight is 330 g/mol. The highest BCUT2D eigenvalue weighted by Crippen LogP contribution is 2.34. The fourth-order valence-electron chi connectivity index (χ4n) is 2.80. The highest BCUT2D eigenvalue weighted by Gasteiger charge is 2.31. The van der Waals surface area contributed by atoms with E-state index in [0.717, 1.165) is 34.7 Å².